The van der Waals surface area contributed by atoms with Crippen LogP contribution in [-0.4, -0.2) is 28.2 Å². The predicted octanol–water partition coefficient (Wildman–Crippen LogP) is 15.7. The van der Waals surface area contributed by atoms with Crippen molar-refractivity contribution in [1.29, 1.82) is 0 Å². The highest BCUT2D eigenvalue weighted by Gasteiger charge is 2.33. The van der Waals surface area contributed by atoms with Gasteiger partial charge in [0.25, 0.3) is 0 Å². The monoisotopic (exact) mass is 872 g/mol. The van der Waals surface area contributed by atoms with Crippen LogP contribution in [0.25, 0.3) is 131 Å². The molecule has 9 aromatic carbocycles. The molecular weight excluding hydrogens is 837 g/mol. The van der Waals surface area contributed by atoms with Crippen LogP contribution in [0.15, 0.2) is 218 Å². The van der Waals surface area contributed by atoms with E-state index in [9.17, 15) is 0 Å². The molecule has 0 radical (unpaired) electrons. The van der Waals surface area contributed by atoms with Gasteiger partial charge < -0.3 is 9.13 Å². The summed E-state index contributed by atoms with van der Waals surface area (Å²) >= 11 is 1.74. The maximum Gasteiger partial charge on any atom is 0.165 e. The van der Waals surface area contributed by atoms with E-state index in [4.69, 9.17) is 9.97 Å². The van der Waals surface area contributed by atoms with E-state index < -0.39 is 0 Å². The lowest BCUT2D eigenvalue weighted by atomic mass is 10.1. The Bertz CT molecular complexity index is 4040. The number of para-hydroxylation sites is 9. The van der Waals surface area contributed by atoms with Crippen LogP contribution in [0.4, 0.5) is 0 Å². The number of fused-ring (bicyclic) bond motifs is 13. The second kappa shape index (κ2) is 13.9. The third kappa shape index (κ3) is 5.03. The molecule has 0 saturated heterocycles. The summed E-state index contributed by atoms with van der Waals surface area (Å²) in [5, 5.41) is 10.3. The van der Waals surface area contributed by atoms with Crippen molar-refractivity contribution in [1.82, 2.24) is 28.2 Å². The Morgan fingerprint density at radius 2 is 0.537 bits per heavy atom. The smallest absolute Gasteiger partial charge is 0.165 e. The van der Waals surface area contributed by atoms with Crippen molar-refractivity contribution in [2.24, 2.45) is 0 Å². The second-order valence-corrected chi connectivity index (χ2v) is 18.3. The van der Waals surface area contributed by atoms with Gasteiger partial charge >= 0.3 is 0 Å². The van der Waals surface area contributed by atoms with Crippen LogP contribution >= 0.6 is 11.3 Å². The number of hydrogen-bond acceptors (Lipinski definition) is 3. The zero-order valence-corrected chi connectivity index (χ0v) is 36.7. The van der Waals surface area contributed by atoms with Gasteiger partial charge in [-0.1, -0.05) is 158 Å². The molecule has 0 fully saturated rings. The molecule has 0 saturated carbocycles. The molecule has 6 heterocycles. The van der Waals surface area contributed by atoms with Crippen molar-refractivity contribution in [3.8, 4) is 33.6 Å². The molecular formula is C60H36N6S. The zero-order chi connectivity index (χ0) is 43.7. The van der Waals surface area contributed by atoms with E-state index in [1.54, 1.807) is 11.3 Å². The van der Waals surface area contributed by atoms with Gasteiger partial charge in [0.05, 0.1) is 59.9 Å². The summed E-state index contributed by atoms with van der Waals surface area (Å²) in [7, 11) is 0. The average Bonchev–Trinajstić information content (AvgIpc) is 4.20. The van der Waals surface area contributed by atoms with Crippen LogP contribution in [0.3, 0.4) is 0 Å². The lowest BCUT2D eigenvalue weighted by Crippen LogP contribution is -2.16. The van der Waals surface area contributed by atoms with E-state index in [0.717, 1.165) is 87.9 Å². The van der Waals surface area contributed by atoms with Crippen LogP contribution < -0.4 is 0 Å². The van der Waals surface area contributed by atoms with E-state index in [0.29, 0.717) is 0 Å². The summed E-state index contributed by atoms with van der Waals surface area (Å²) in [4.78, 5) is 12.0. The number of aromatic nitrogens is 6. The van der Waals surface area contributed by atoms with Gasteiger partial charge in [-0.25, -0.2) is 9.97 Å². The van der Waals surface area contributed by atoms with E-state index in [2.05, 4.69) is 237 Å². The number of pyridine rings is 1. The van der Waals surface area contributed by atoms with Gasteiger partial charge in [0.2, 0.25) is 0 Å². The number of benzene rings is 9. The minimum Gasteiger partial charge on any atom is -0.305 e. The van der Waals surface area contributed by atoms with Gasteiger partial charge in [-0.2, -0.15) is 0 Å². The lowest BCUT2D eigenvalue weighted by molar-refractivity contribution is 0.960. The van der Waals surface area contributed by atoms with Gasteiger partial charge in [0.1, 0.15) is 16.4 Å². The predicted molar refractivity (Wildman–Crippen MR) is 280 cm³/mol. The van der Waals surface area contributed by atoms with E-state index in [1.807, 2.05) is 0 Å². The van der Waals surface area contributed by atoms with Crippen LogP contribution in [0, 0.1) is 0 Å². The van der Waals surface area contributed by atoms with Gasteiger partial charge in [0.15, 0.2) is 11.6 Å². The quantitative estimate of drug-likeness (QED) is 0.173. The second-order valence-electron chi connectivity index (χ2n) is 17.3. The SMILES string of the molecule is c1ccc2sc(-c3c(-n4c5ccccc5c5ccccc54)c(-n4c5ccccc5c5ccccc54)nc(-n4c5ccccc5c5ccccc54)c3-n3c4ccccc4c4ccccc43)nc2c1. The molecule has 6 nitrogen and oxygen atoms in total. The molecule has 312 valence electrons. The van der Waals surface area contributed by atoms with Crippen molar-refractivity contribution in [3.05, 3.63) is 218 Å². The van der Waals surface area contributed by atoms with E-state index >= 15 is 0 Å². The zero-order valence-electron chi connectivity index (χ0n) is 35.9. The first-order valence-electron chi connectivity index (χ1n) is 22.7. The lowest BCUT2D eigenvalue weighted by Gasteiger charge is -2.25. The summed E-state index contributed by atoms with van der Waals surface area (Å²) in [6.45, 7) is 0. The maximum absolute atomic E-state index is 6.30. The molecule has 15 rings (SSSR count). The Kier molecular flexibility index (Phi) is 7.56. The molecule has 15 aromatic rings. The molecule has 0 atom stereocenters. The molecule has 0 aliphatic heterocycles. The molecule has 6 aromatic heterocycles. The Labute approximate surface area is 387 Å². The van der Waals surface area contributed by atoms with Crippen LogP contribution in [0.1, 0.15) is 0 Å². The Hall–Kier alpha value is -8.78. The highest BCUT2D eigenvalue weighted by molar-refractivity contribution is 7.21. The minimum atomic E-state index is 0.805. The van der Waals surface area contributed by atoms with Crippen molar-refractivity contribution >= 4 is 109 Å². The molecule has 67 heavy (non-hydrogen) atoms. The number of rotatable bonds is 5. The fourth-order valence-electron chi connectivity index (χ4n) is 11.1. The molecule has 0 bridgehead atoms. The summed E-state index contributed by atoms with van der Waals surface area (Å²) in [6, 6.07) is 78.8. The number of nitrogens with zero attached hydrogens (tertiary/aromatic N) is 6. The van der Waals surface area contributed by atoms with E-state index in [1.165, 1.54) is 43.1 Å². The van der Waals surface area contributed by atoms with Gasteiger partial charge in [-0.15, -0.1) is 11.3 Å². The fourth-order valence-corrected chi connectivity index (χ4v) is 12.1. The van der Waals surface area contributed by atoms with E-state index in [-0.39, 0.29) is 0 Å². The molecule has 0 unspecified atom stereocenters. The first-order valence-corrected chi connectivity index (χ1v) is 23.5. The molecule has 0 aliphatic rings. The summed E-state index contributed by atoms with van der Waals surface area (Å²) < 4.78 is 10.9. The maximum atomic E-state index is 6.30. The standard InChI is InChI=1S/C60H36N6S/c1-10-28-46-37(19-1)38-20-2-11-29-47(38)63(46)56-55(60-61-45-27-9-18-36-54(45)67-60)57(64-48-30-12-3-21-39(48)40-22-4-13-31-49(40)64)59(66-52-34-16-7-25-43(52)44-26-8-17-35-53(44)66)62-58(56)65-50-32-14-5-23-41(50)42-24-6-15-33-51(42)65/h1-36H. The van der Waals surface area contributed by atoms with Gasteiger partial charge in [0, 0.05) is 43.1 Å². The molecule has 0 N–H and O–H groups in total. The Morgan fingerprint density at radius 3 is 0.851 bits per heavy atom. The Morgan fingerprint density at radius 1 is 0.269 bits per heavy atom. The minimum absolute atomic E-state index is 0.805. The highest BCUT2D eigenvalue weighted by Crippen LogP contribution is 2.50. The third-order valence-corrected chi connectivity index (χ3v) is 14.9. The normalized spacial score (nSPS) is 12.2. The first-order chi connectivity index (χ1) is 33.3. The summed E-state index contributed by atoms with van der Waals surface area (Å²) in [6.07, 6.45) is 0. The van der Waals surface area contributed by atoms with Crippen molar-refractivity contribution in [3.63, 3.8) is 0 Å². The van der Waals surface area contributed by atoms with Crippen LogP contribution in [0.5, 0.6) is 0 Å². The Balaban J connectivity index is 1.29. The van der Waals surface area contributed by atoms with Crippen molar-refractivity contribution < 1.29 is 0 Å². The number of thiazole rings is 1. The first kappa shape index (κ1) is 36.5. The number of hydrogen-bond donors (Lipinski definition) is 0. The highest BCUT2D eigenvalue weighted by atomic mass is 32.1. The topological polar surface area (TPSA) is 45.5 Å². The largest absolute Gasteiger partial charge is 0.305 e. The van der Waals surface area contributed by atoms with Crippen molar-refractivity contribution in [2.45, 2.75) is 0 Å². The fraction of sp³-hybridized carbons (Fsp3) is 0. The molecule has 0 aliphatic carbocycles. The molecule has 0 spiro atoms. The third-order valence-electron chi connectivity index (χ3n) is 13.8. The van der Waals surface area contributed by atoms with Crippen molar-refractivity contribution in [2.75, 3.05) is 0 Å². The van der Waals surface area contributed by atoms with Gasteiger partial charge in [-0.05, 0) is 60.7 Å². The summed E-state index contributed by atoms with van der Waals surface area (Å²) in [5.74, 6) is 1.61. The average molecular weight is 873 g/mol. The molecule has 7 heteroatoms. The van der Waals surface area contributed by atoms with Gasteiger partial charge in [-0.3, -0.25) is 9.13 Å². The molecule has 0 amide bonds. The van der Waals surface area contributed by atoms with Crippen LogP contribution in [-0.2, 0) is 0 Å². The van der Waals surface area contributed by atoms with Crippen LogP contribution in [0.2, 0.25) is 0 Å². The summed E-state index contributed by atoms with van der Waals surface area (Å²) in [5.41, 5.74) is 12.5.